The maximum absolute atomic E-state index is 4.54. The Morgan fingerprint density at radius 2 is 1.25 bits per heavy atom. The predicted octanol–water partition coefficient (Wildman–Crippen LogP) is 8.13. The number of hydrogen-bond acceptors (Lipinski definition) is 3. The number of benzene rings is 5. The summed E-state index contributed by atoms with van der Waals surface area (Å²) in [5, 5.41) is 4.73. The molecule has 36 heavy (non-hydrogen) atoms. The lowest BCUT2D eigenvalue weighted by molar-refractivity contribution is 0.660. The van der Waals surface area contributed by atoms with E-state index in [1.807, 2.05) is 0 Å². The summed E-state index contributed by atoms with van der Waals surface area (Å²) in [7, 11) is 0. The molecule has 0 saturated carbocycles. The third-order valence-electron chi connectivity index (χ3n) is 7.77. The van der Waals surface area contributed by atoms with Gasteiger partial charge < -0.3 is 0 Å². The topological polar surface area (TPSA) is 38.7 Å². The highest BCUT2D eigenvalue weighted by Crippen LogP contribution is 2.51. The monoisotopic (exact) mass is 463 g/mol. The van der Waals surface area contributed by atoms with Gasteiger partial charge in [0, 0.05) is 11.0 Å². The van der Waals surface area contributed by atoms with Crippen LogP contribution in [0.3, 0.4) is 0 Å². The van der Waals surface area contributed by atoms with Crippen molar-refractivity contribution in [3.63, 3.8) is 0 Å². The Labute approximate surface area is 210 Å². The highest BCUT2D eigenvalue weighted by Gasteiger charge is 2.35. The fraction of sp³-hybridized carbons (Fsp3) is 0.121. The van der Waals surface area contributed by atoms with Crippen LogP contribution >= 0.6 is 0 Å². The quantitative estimate of drug-likeness (QED) is 0.243. The minimum absolute atomic E-state index is 0.0473. The zero-order valence-corrected chi connectivity index (χ0v) is 20.6. The molecule has 7 rings (SSSR count). The van der Waals surface area contributed by atoms with Crippen LogP contribution in [0.25, 0.3) is 55.2 Å². The van der Waals surface area contributed by atoms with Gasteiger partial charge in [-0.3, -0.25) is 0 Å². The molecule has 6 aromatic rings. The van der Waals surface area contributed by atoms with Gasteiger partial charge in [0.2, 0.25) is 0 Å². The summed E-state index contributed by atoms with van der Waals surface area (Å²) in [5.41, 5.74) is 10.2. The van der Waals surface area contributed by atoms with Crippen molar-refractivity contribution in [2.75, 3.05) is 0 Å². The Morgan fingerprint density at radius 1 is 0.583 bits per heavy atom. The van der Waals surface area contributed by atoms with Crippen molar-refractivity contribution >= 4 is 21.5 Å². The Balaban J connectivity index is 1.59. The number of nitrogens with zero attached hydrogens (tertiary/aromatic N) is 3. The van der Waals surface area contributed by atoms with Crippen molar-refractivity contribution in [3.05, 3.63) is 114 Å². The van der Waals surface area contributed by atoms with Gasteiger partial charge >= 0.3 is 0 Å². The van der Waals surface area contributed by atoms with Crippen LogP contribution in [0.1, 0.15) is 30.5 Å². The first kappa shape index (κ1) is 21.0. The fourth-order valence-corrected chi connectivity index (χ4v) is 6.07. The molecule has 0 atom stereocenters. The summed E-state index contributed by atoms with van der Waals surface area (Å²) in [6.07, 6.45) is 3.15. The summed E-state index contributed by atoms with van der Waals surface area (Å²) >= 11 is 0. The van der Waals surface area contributed by atoms with Crippen LogP contribution < -0.4 is 0 Å². The third kappa shape index (κ3) is 2.89. The molecule has 3 heteroatoms. The molecule has 0 aliphatic heterocycles. The van der Waals surface area contributed by atoms with Gasteiger partial charge in [-0.15, -0.1) is 0 Å². The second kappa shape index (κ2) is 7.56. The van der Waals surface area contributed by atoms with E-state index in [4.69, 9.17) is 0 Å². The van der Waals surface area contributed by atoms with Gasteiger partial charge in [-0.05, 0) is 67.9 Å². The molecule has 3 nitrogen and oxygen atoms in total. The zero-order chi connectivity index (χ0) is 24.4. The molecule has 0 fully saturated rings. The van der Waals surface area contributed by atoms with Gasteiger partial charge in [-0.25, -0.2) is 15.0 Å². The van der Waals surface area contributed by atoms with E-state index < -0.39 is 0 Å². The smallest absolute Gasteiger partial charge is 0.163 e. The molecule has 0 bridgehead atoms. The second-order valence-corrected chi connectivity index (χ2v) is 10.2. The molecule has 1 aliphatic carbocycles. The number of aryl methyl sites for hydroxylation is 1. The van der Waals surface area contributed by atoms with Crippen LogP contribution in [0.5, 0.6) is 0 Å². The third-order valence-corrected chi connectivity index (χ3v) is 7.77. The Bertz CT molecular complexity index is 1820. The molecule has 0 amide bonds. The van der Waals surface area contributed by atoms with Crippen LogP contribution in [0.4, 0.5) is 0 Å². The first-order valence-corrected chi connectivity index (χ1v) is 12.4. The zero-order valence-electron chi connectivity index (χ0n) is 20.6. The van der Waals surface area contributed by atoms with Gasteiger partial charge in [0.1, 0.15) is 12.7 Å². The summed E-state index contributed by atoms with van der Waals surface area (Å²) < 4.78 is 0. The van der Waals surface area contributed by atoms with E-state index in [0.29, 0.717) is 5.82 Å². The van der Waals surface area contributed by atoms with Crippen LogP contribution in [0.2, 0.25) is 0 Å². The first-order chi connectivity index (χ1) is 17.5. The molecule has 172 valence electrons. The van der Waals surface area contributed by atoms with Crippen LogP contribution in [-0.4, -0.2) is 15.0 Å². The molecule has 0 N–H and O–H groups in total. The maximum atomic E-state index is 4.54. The molecular weight excluding hydrogens is 438 g/mol. The van der Waals surface area contributed by atoms with Crippen molar-refractivity contribution in [1.82, 2.24) is 15.0 Å². The molecule has 1 aliphatic rings. The van der Waals surface area contributed by atoms with Crippen LogP contribution in [0.15, 0.2) is 97.6 Å². The van der Waals surface area contributed by atoms with Crippen molar-refractivity contribution in [3.8, 4) is 33.6 Å². The number of hydrogen-bond donors (Lipinski definition) is 0. The van der Waals surface area contributed by atoms with E-state index in [0.717, 1.165) is 16.3 Å². The number of aromatic nitrogens is 3. The predicted molar refractivity (Wildman–Crippen MR) is 148 cm³/mol. The van der Waals surface area contributed by atoms with Crippen molar-refractivity contribution in [2.24, 2.45) is 0 Å². The summed E-state index contributed by atoms with van der Waals surface area (Å²) in [4.78, 5) is 13.1. The lowest BCUT2D eigenvalue weighted by Gasteiger charge is -2.23. The van der Waals surface area contributed by atoms with Gasteiger partial charge in [0.05, 0.1) is 0 Å². The Hall–Kier alpha value is -4.37. The summed E-state index contributed by atoms with van der Waals surface area (Å²) in [5.74, 6) is 0.701. The highest BCUT2D eigenvalue weighted by atomic mass is 15.0. The molecule has 0 radical (unpaired) electrons. The van der Waals surface area contributed by atoms with E-state index in [-0.39, 0.29) is 5.41 Å². The van der Waals surface area contributed by atoms with E-state index >= 15 is 0 Å². The largest absolute Gasteiger partial charge is 0.225 e. The molecule has 0 spiro atoms. The Kier molecular flexibility index (Phi) is 4.40. The van der Waals surface area contributed by atoms with Gasteiger partial charge in [0.15, 0.2) is 5.82 Å². The second-order valence-electron chi connectivity index (χ2n) is 10.2. The number of fused-ring (bicyclic) bond motifs is 5. The van der Waals surface area contributed by atoms with Crippen molar-refractivity contribution < 1.29 is 0 Å². The van der Waals surface area contributed by atoms with E-state index in [1.165, 1.54) is 49.7 Å². The highest BCUT2D eigenvalue weighted by molar-refractivity contribution is 6.21. The standard InChI is InChI=1S/C33H25N3/c1-20-12-14-26-27(16-20)30(24-9-4-5-10-25(24)31(26)32-35-18-34-19-36-32)21-13-15-23-22-8-6-7-11-28(22)33(2,3)29(23)17-21/h4-19H,1-3H3. The van der Waals surface area contributed by atoms with Gasteiger partial charge in [-0.1, -0.05) is 98.3 Å². The molecule has 5 aromatic carbocycles. The maximum Gasteiger partial charge on any atom is 0.163 e. The number of rotatable bonds is 2. The fourth-order valence-electron chi connectivity index (χ4n) is 6.07. The van der Waals surface area contributed by atoms with Crippen molar-refractivity contribution in [1.29, 1.82) is 0 Å². The summed E-state index contributed by atoms with van der Waals surface area (Å²) in [6, 6.07) is 31.2. The average molecular weight is 464 g/mol. The van der Waals surface area contributed by atoms with Crippen LogP contribution in [-0.2, 0) is 5.41 Å². The minimum Gasteiger partial charge on any atom is -0.225 e. The molecule has 1 heterocycles. The average Bonchev–Trinajstić information content (AvgIpc) is 3.14. The van der Waals surface area contributed by atoms with Crippen LogP contribution in [0, 0.1) is 6.92 Å². The molecular formula is C33H25N3. The van der Waals surface area contributed by atoms with Gasteiger partial charge in [-0.2, -0.15) is 0 Å². The normalized spacial score (nSPS) is 13.6. The van der Waals surface area contributed by atoms with Crippen molar-refractivity contribution in [2.45, 2.75) is 26.2 Å². The molecule has 1 aromatic heterocycles. The van der Waals surface area contributed by atoms with E-state index in [2.05, 4.69) is 121 Å². The lowest BCUT2D eigenvalue weighted by atomic mass is 9.80. The SMILES string of the molecule is Cc1ccc2c(-c3ncncn3)c3ccccc3c(-c3ccc4c(c3)C(C)(C)c3ccccc3-4)c2c1. The van der Waals surface area contributed by atoms with E-state index in [9.17, 15) is 0 Å². The molecule has 0 saturated heterocycles. The first-order valence-electron chi connectivity index (χ1n) is 12.4. The Morgan fingerprint density at radius 3 is 2.06 bits per heavy atom. The van der Waals surface area contributed by atoms with Gasteiger partial charge in [0.25, 0.3) is 0 Å². The lowest BCUT2D eigenvalue weighted by Crippen LogP contribution is -2.14. The minimum atomic E-state index is -0.0473. The summed E-state index contributed by atoms with van der Waals surface area (Å²) in [6.45, 7) is 6.83. The van der Waals surface area contributed by atoms with E-state index in [1.54, 1.807) is 12.7 Å². The molecule has 0 unspecified atom stereocenters.